The lowest BCUT2D eigenvalue weighted by Crippen LogP contribution is -2.27. The van der Waals surface area contributed by atoms with Gasteiger partial charge in [-0.1, -0.05) is 13.8 Å². The quantitative estimate of drug-likeness (QED) is 0.594. The first-order chi connectivity index (χ1) is 8.36. The van der Waals surface area contributed by atoms with E-state index in [0.29, 0.717) is 0 Å². The van der Waals surface area contributed by atoms with Crippen LogP contribution in [-0.2, 0) is 4.74 Å². The number of likely N-dealkylation sites (tertiary alicyclic amines) is 1. The molecular weight excluding hydrogens is 212 g/mol. The third-order valence-electron chi connectivity index (χ3n) is 3.34. The van der Waals surface area contributed by atoms with Crippen molar-refractivity contribution in [2.75, 3.05) is 45.9 Å². The Morgan fingerprint density at radius 2 is 2.12 bits per heavy atom. The van der Waals surface area contributed by atoms with E-state index in [4.69, 9.17) is 4.74 Å². The Balaban J connectivity index is 1.94. The van der Waals surface area contributed by atoms with Gasteiger partial charge in [0.05, 0.1) is 0 Å². The van der Waals surface area contributed by atoms with Crippen LogP contribution in [0.15, 0.2) is 0 Å². The van der Waals surface area contributed by atoms with Gasteiger partial charge in [-0.3, -0.25) is 0 Å². The molecule has 0 spiro atoms. The molecule has 0 aliphatic carbocycles. The van der Waals surface area contributed by atoms with Crippen molar-refractivity contribution >= 4 is 0 Å². The lowest BCUT2D eigenvalue weighted by Gasteiger charge is -2.16. The molecule has 0 aromatic heterocycles. The molecule has 1 saturated heterocycles. The van der Waals surface area contributed by atoms with E-state index >= 15 is 0 Å². The zero-order valence-electron chi connectivity index (χ0n) is 11.7. The van der Waals surface area contributed by atoms with Gasteiger partial charge in [-0.15, -0.1) is 0 Å². The Bertz CT molecular complexity index is 176. The maximum Gasteiger partial charge on any atom is 0.0478 e. The summed E-state index contributed by atoms with van der Waals surface area (Å²) < 4.78 is 5.51. The number of nitrogens with one attached hydrogen (secondary N) is 1. The summed E-state index contributed by atoms with van der Waals surface area (Å²) in [5.41, 5.74) is 0. The van der Waals surface area contributed by atoms with E-state index in [9.17, 15) is 0 Å². The normalized spacial score (nSPS) is 21.2. The van der Waals surface area contributed by atoms with Gasteiger partial charge in [0.25, 0.3) is 0 Å². The molecule has 3 nitrogen and oxygen atoms in total. The van der Waals surface area contributed by atoms with Gasteiger partial charge in [0.15, 0.2) is 0 Å². The lowest BCUT2D eigenvalue weighted by molar-refractivity contribution is 0.123. The molecule has 1 N–H and O–H groups in total. The standard InChI is InChI=1S/C14H30N2O/c1-3-7-15-12-14-6-9-16(13-14)8-5-11-17-10-4-2/h14-15H,3-13H2,1-2H3. The molecule has 0 saturated carbocycles. The smallest absolute Gasteiger partial charge is 0.0478 e. The molecular formula is C14H30N2O. The second-order valence-electron chi connectivity index (χ2n) is 5.13. The molecule has 17 heavy (non-hydrogen) atoms. The summed E-state index contributed by atoms with van der Waals surface area (Å²) >= 11 is 0. The van der Waals surface area contributed by atoms with Gasteiger partial charge in [0, 0.05) is 26.3 Å². The summed E-state index contributed by atoms with van der Waals surface area (Å²) in [6.45, 7) is 12.4. The molecule has 1 rings (SSSR count). The van der Waals surface area contributed by atoms with Crippen LogP contribution in [0, 0.1) is 5.92 Å². The number of hydrogen-bond acceptors (Lipinski definition) is 3. The number of ether oxygens (including phenoxy) is 1. The highest BCUT2D eigenvalue weighted by molar-refractivity contribution is 4.76. The highest BCUT2D eigenvalue weighted by Gasteiger charge is 2.21. The Morgan fingerprint density at radius 1 is 1.24 bits per heavy atom. The molecule has 1 aliphatic heterocycles. The summed E-state index contributed by atoms with van der Waals surface area (Å²) in [5, 5.41) is 3.53. The van der Waals surface area contributed by atoms with Crippen LogP contribution in [0.25, 0.3) is 0 Å². The Labute approximate surface area is 107 Å². The fourth-order valence-electron chi connectivity index (χ4n) is 2.40. The fourth-order valence-corrected chi connectivity index (χ4v) is 2.40. The maximum absolute atomic E-state index is 5.51. The first-order valence-electron chi connectivity index (χ1n) is 7.37. The van der Waals surface area contributed by atoms with Gasteiger partial charge in [-0.05, 0) is 51.2 Å². The summed E-state index contributed by atoms with van der Waals surface area (Å²) in [4.78, 5) is 2.59. The fraction of sp³-hybridized carbons (Fsp3) is 1.00. The lowest BCUT2D eigenvalue weighted by atomic mass is 10.1. The molecule has 1 aliphatic rings. The van der Waals surface area contributed by atoms with Gasteiger partial charge in [0.2, 0.25) is 0 Å². The minimum Gasteiger partial charge on any atom is -0.381 e. The van der Waals surface area contributed by atoms with E-state index in [1.807, 2.05) is 0 Å². The highest BCUT2D eigenvalue weighted by atomic mass is 16.5. The van der Waals surface area contributed by atoms with Crippen molar-refractivity contribution in [3.05, 3.63) is 0 Å². The topological polar surface area (TPSA) is 24.5 Å². The van der Waals surface area contributed by atoms with Crippen LogP contribution in [0.1, 0.15) is 39.5 Å². The van der Waals surface area contributed by atoms with E-state index < -0.39 is 0 Å². The van der Waals surface area contributed by atoms with Gasteiger partial charge in [-0.25, -0.2) is 0 Å². The molecule has 1 unspecified atom stereocenters. The SMILES string of the molecule is CCCNCC1CCN(CCCOCCC)C1. The second-order valence-corrected chi connectivity index (χ2v) is 5.13. The second kappa shape index (κ2) is 9.86. The van der Waals surface area contributed by atoms with Crippen molar-refractivity contribution < 1.29 is 4.74 Å². The molecule has 0 aromatic rings. The summed E-state index contributed by atoms with van der Waals surface area (Å²) in [6, 6.07) is 0. The largest absolute Gasteiger partial charge is 0.381 e. The first kappa shape index (κ1) is 14.9. The van der Waals surface area contributed by atoms with Crippen molar-refractivity contribution in [1.82, 2.24) is 10.2 Å². The van der Waals surface area contributed by atoms with Crippen LogP contribution >= 0.6 is 0 Å². The van der Waals surface area contributed by atoms with Gasteiger partial charge in [-0.2, -0.15) is 0 Å². The molecule has 0 bridgehead atoms. The van der Waals surface area contributed by atoms with Gasteiger partial charge >= 0.3 is 0 Å². The van der Waals surface area contributed by atoms with Crippen LogP contribution in [-0.4, -0.2) is 50.8 Å². The molecule has 0 amide bonds. The van der Waals surface area contributed by atoms with Crippen molar-refractivity contribution in [2.24, 2.45) is 5.92 Å². The van der Waals surface area contributed by atoms with Crippen LogP contribution in [0.3, 0.4) is 0 Å². The highest BCUT2D eigenvalue weighted by Crippen LogP contribution is 2.15. The summed E-state index contributed by atoms with van der Waals surface area (Å²) in [6.07, 6.45) is 4.93. The summed E-state index contributed by atoms with van der Waals surface area (Å²) in [5.74, 6) is 0.873. The van der Waals surface area contributed by atoms with Crippen LogP contribution < -0.4 is 5.32 Å². The van der Waals surface area contributed by atoms with E-state index in [1.165, 1.54) is 52.0 Å². The molecule has 0 radical (unpaired) electrons. The molecule has 102 valence electrons. The molecule has 3 heteroatoms. The average molecular weight is 242 g/mol. The monoisotopic (exact) mass is 242 g/mol. The van der Waals surface area contributed by atoms with Crippen molar-refractivity contribution in [2.45, 2.75) is 39.5 Å². The molecule has 0 aromatic carbocycles. The maximum atomic E-state index is 5.51. The third kappa shape index (κ3) is 7.02. The predicted octanol–water partition coefficient (Wildman–Crippen LogP) is 2.12. The number of rotatable bonds is 10. The van der Waals surface area contributed by atoms with E-state index in [-0.39, 0.29) is 0 Å². The van der Waals surface area contributed by atoms with Crippen LogP contribution in [0.2, 0.25) is 0 Å². The summed E-state index contributed by atoms with van der Waals surface area (Å²) in [7, 11) is 0. The zero-order chi connectivity index (χ0) is 12.3. The first-order valence-corrected chi connectivity index (χ1v) is 7.37. The Hall–Kier alpha value is -0.120. The van der Waals surface area contributed by atoms with E-state index in [0.717, 1.165) is 25.6 Å². The third-order valence-corrected chi connectivity index (χ3v) is 3.34. The molecule has 1 heterocycles. The zero-order valence-corrected chi connectivity index (χ0v) is 11.7. The Morgan fingerprint density at radius 3 is 2.88 bits per heavy atom. The minimum atomic E-state index is 0.873. The molecule has 1 fully saturated rings. The minimum absolute atomic E-state index is 0.873. The van der Waals surface area contributed by atoms with Gasteiger partial charge in [0.1, 0.15) is 0 Å². The van der Waals surface area contributed by atoms with Crippen LogP contribution in [0.4, 0.5) is 0 Å². The molecule has 1 atom stereocenters. The predicted molar refractivity (Wildman–Crippen MR) is 73.4 cm³/mol. The number of nitrogens with zero attached hydrogens (tertiary/aromatic N) is 1. The van der Waals surface area contributed by atoms with Gasteiger partial charge < -0.3 is 15.0 Å². The average Bonchev–Trinajstić information content (AvgIpc) is 2.77. The Kier molecular flexibility index (Phi) is 8.67. The van der Waals surface area contributed by atoms with Crippen molar-refractivity contribution in [3.8, 4) is 0 Å². The van der Waals surface area contributed by atoms with E-state index in [1.54, 1.807) is 0 Å². The number of hydrogen-bond donors (Lipinski definition) is 1. The van der Waals surface area contributed by atoms with Crippen molar-refractivity contribution in [3.63, 3.8) is 0 Å². The van der Waals surface area contributed by atoms with Crippen molar-refractivity contribution in [1.29, 1.82) is 0 Å². The van der Waals surface area contributed by atoms with E-state index in [2.05, 4.69) is 24.1 Å². The van der Waals surface area contributed by atoms with Crippen LogP contribution in [0.5, 0.6) is 0 Å².